The summed E-state index contributed by atoms with van der Waals surface area (Å²) in [6, 6.07) is 3.58. The normalized spacial score (nSPS) is 11.0. The number of thiophene rings is 1. The summed E-state index contributed by atoms with van der Waals surface area (Å²) in [6.07, 6.45) is 0. The van der Waals surface area contributed by atoms with Gasteiger partial charge < -0.3 is 5.11 Å². The summed E-state index contributed by atoms with van der Waals surface area (Å²) in [4.78, 5) is 0. The molecule has 68 valence electrons. The van der Waals surface area contributed by atoms with Gasteiger partial charge in [-0.3, -0.25) is 0 Å². The molecule has 1 aromatic heterocycles. The molecule has 0 aliphatic carbocycles. The number of halogens is 2. The van der Waals surface area contributed by atoms with Gasteiger partial charge in [-0.2, -0.15) is 0 Å². The summed E-state index contributed by atoms with van der Waals surface area (Å²) in [5, 5.41) is 11.0. The minimum atomic E-state index is -0.253. The summed E-state index contributed by atoms with van der Waals surface area (Å²) < 4.78 is 14.9. The van der Waals surface area contributed by atoms with Gasteiger partial charge in [-0.15, -0.1) is 11.3 Å². The molecule has 0 saturated carbocycles. The van der Waals surface area contributed by atoms with E-state index in [0.717, 1.165) is 9.17 Å². The second-order valence-corrected chi connectivity index (χ2v) is 4.51. The fourth-order valence-electron chi connectivity index (χ4n) is 1.30. The van der Waals surface area contributed by atoms with Gasteiger partial charge in [-0.1, -0.05) is 15.9 Å². The van der Waals surface area contributed by atoms with E-state index in [-0.39, 0.29) is 12.4 Å². The van der Waals surface area contributed by atoms with Crippen LogP contribution in [0.3, 0.4) is 0 Å². The molecule has 0 amide bonds. The van der Waals surface area contributed by atoms with E-state index in [1.165, 1.54) is 16.7 Å². The Labute approximate surface area is 86.9 Å². The van der Waals surface area contributed by atoms with E-state index in [2.05, 4.69) is 15.9 Å². The maximum atomic E-state index is 13.2. The lowest BCUT2D eigenvalue weighted by atomic mass is 10.1. The van der Waals surface area contributed by atoms with Crippen molar-refractivity contribution >= 4 is 37.4 Å². The van der Waals surface area contributed by atoms with Crippen molar-refractivity contribution in [2.45, 2.75) is 6.61 Å². The number of rotatable bonds is 1. The molecule has 1 aromatic carbocycles. The van der Waals surface area contributed by atoms with Crippen molar-refractivity contribution in [2.24, 2.45) is 0 Å². The van der Waals surface area contributed by atoms with Crippen molar-refractivity contribution in [1.29, 1.82) is 0 Å². The third-order valence-corrected chi connectivity index (χ3v) is 3.21. The van der Waals surface area contributed by atoms with Crippen LogP contribution in [0.5, 0.6) is 0 Å². The van der Waals surface area contributed by atoms with E-state index < -0.39 is 0 Å². The Balaban J connectivity index is 2.85. The molecule has 0 aliphatic rings. The second-order valence-electron chi connectivity index (χ2n) is 2.68. The van der Waals surface area contributed by atoms with Crippen LogP contribution in [0.2, 0.25) is 0 Å². The van der Waals surface area contributed by atoms with Crippen LogP contribution in [0.1, 0.15) is 5.56 Å². The zero-order valence-corrected chi connectivity index (χ0v) is 8.95. The molecule has 0 aliphatic heterocycles. The van der Waals surface area contributed by atoms with Gasteiger partial charge in [-0.25, -0.2) is 4.39 Å². The first kappa shape index (κ1) is 9.12. The predicted octanol–water partition coefficient (Wildman–Crippen LogP) is 3.30. The first-order valence-electron chi connectivity index (χ1n) is 3.68. The zero-order chi connectivity index (χ0) is 9.42. The van der Waals surface area contributed by atoms with Gasteiger partial charge in [0.25, 0.3) is 0 Å². The van der Waals surface area contributed by atoms with Crippen molar-refractivity contribution in [3.8, 4) is 0 Å². The topological polar surface area (TPSA) is 20.2 Å². The third kappa shape index (κ3) is 1.49. The van der Waals surface area contributed by atoms with Crippen molar-refractivity contribution in [2.75, 3.05) is 0 Å². The van der Waals surface area contributed by atoms with Crippen LogP contribution in [0, 0.1) is 5.82 Å². The highest BCUT2D eigenvalue weighted by molar-refractivity contribution is 9.10. The van der Waals surface area contributed by atoms with Crippen LogP contribution in [0.15, 0.2) is 22.0 Å². The summed E-state index contributed by atoms with van der Waals surface area (Å²) in [5.41, 5.74) is 0.628. The van der Waals surface area contributed by atoms with Gasteiger partial charge in [0.15, 0.2) is 0 Å². The van der Waals surface area contributed by atoms with Gasteiger partial charge >= 0.3 is 0 Å². The van der Waals surface area contributed by atoms with Crippen molar-refractivity contribution in [1.82, 2.24) is 0 Å². The van der Waals surface area contributed by atoms with Gasteiger partial charge in [0.05, 0.1) is 6.61 Å². The molecule has 1 nitrogen and oxygen atoms in total. The van der Waals surface area contributed by atoms with Crippen LogP contribution < -0.4 is 0 Å². The summed E-state index contributed by atoms with van der Waals surface area (Å²) in [5.74, 6) is -0.253. The molecular weight excluding hydrogens is 255 g/mol. The molecule has 2 rings (SSSR count). The first-order chi connectivity index (χ1) is 6.22. The largest absolute Gasteiger partial charge is 0.392 e. The van der Waals surface area contributed by atoms with Gasteiger partial charge in [-0.05, 0) is 17.7 Å². The fourth-order valence-corrected chi connectivity index (χ4v) is 2.85. The molecule has 0 fully saturated rings. The van der Waals surface area contributed by atoms with Gasteiger partial charge in [0, 0.05) is 19.9 Å². The van der Waals surface area contributed by atoms with E-state index in [1.807, 2.05) is 6.07 Å². The molecule has 0 saturated heterocycles. The van der Waals surface area contributed by atoms with Crippen LogP contribution in [0.4, 0.5) is 4.39 Å². The number of aliphatic hydroxyl groups is 1. The second kappa shape index (κ2) is 3.36. The van der Waals surface area contributed by atoms with Gasteiger partial charge in [0.1, 0.15) is 5.82 Å². The lowest BCUT2D eigenvalue weighted by molar-refractivity contribution is 0.283. The standard InChI is InChI=1S/C9H6BrFOS/c10-6-1-5(3-12)9-7(11)4-13-8(9)2-6/h1-2,4,12H,3H2. The number of hydrogen-bond acceptors (Lipinski definition) is 2. The summed E-state index contributed by atoms with van der Waals surface area (Å²) in [6.45, 7) is -0.135. The number of fused-ring (bicyclic) bond motifs is 1. The Morgan fingerprint density at radius 2 is 2.23 bits per heavy atom. The predicted molar refractivity (Wildman–Crippen MR) is 55.4 cm³/mol. The highest BCUT2D eigenvalue weighted by atomic mass is 79.9. The number of benzene rings is 1. The molecule has 0 spiro atoms. The fraction of sp³-hybridized carbons (Fsp3) is 0.111. The highest BCUT2D eigenvalue weighted by Gasteiger charge is 2.09. The minimum Gasteiger partial charge on any atom is -0.392 e. The van der Waals surface area contributed by atoms with Crippen molar-refractivity contribution in [3.05, 3.63) is 33.4 Å². The average Bonchev–Trinajstić information content (AvgIpc) is 2.46. The summed E-state index contributed by atoms with van der Waals surface area (Å²) in [7, 11) is 0. The third-order valence-electron chi connectivity index (χ3n) is 1.85. The average molecular weight is 261 g/mol. The Morgan fingerprint density at radius 3 is 2.92 bits per heavy atom. The zero-order valence-electron chi connectivity index (χ0n) is 6.55. The minimum absolute atomic E-state index is 0.135. The van der Waals surface area contributed by atoms with Gasteiger partial charge in [0.2, 0.25) is 0 Å². The molecule has 1 heterocycles. The Hall–Kier alpha value is -0.450. The van der Waals surface area contributed by atoms with E-state index >= 15 is 0 Å². The van der Waals surface area contributed by atoms with E-state index in [0.29, 0.717) is 10.9 Å². The number of aliphatic hydroxyl groups excluding tert-OH is 1. The molecule has 0 unspecified atom stereocenters. The lowest BCUT2D eigenvalue weighted by Gasteiger charge is -2.00. The molecule has 13 heavy (non-hydrogen) atoms. The van der Waals surface area contributed by atoms with Crippen LogP contribution >= 0.6 is 27.3 Å². The van der Waals surface area contributed by atoms with E-state index in [1.54, 1.807) is 6.07 Å². The van der Waals surface area contributed by atoms with E-state index in [4.69, 9.17) is 5.11 Å². The quantitative estimate of drug-likeness (QED) is 0.835. The molecular formula is C9H6BrFOS. The molecule has 1 N–H and O–H groups in total. The lowest BCUT2D eigenvalue weighted by Crippen LogP contribution is -1.85. The van der Waals surface area contributed by atoms with Crippen molar-refractivity contribution < 1.29 is 9.50 Å². The van der Waals surface area contributed by atoms with E-state index in [9.17, 15) is 4.39 Å². The maximum Gasteiger partial charge on any atom is 0.142 e. The highest BCUT2D eigenvalue weighted by Crippen LogP contribution is 2.31. The number of hydrogen-bond donors (Lipinski definition) is 1. The van der Waals surface area contributed by atoms with Crippen molar-refractivity contribution in [3.63, 3.8) is 0 Å². The molecule has 0 radical (unpaired) electrons. The molecule has 2 aromatic rings. The van der Waals surface area contributed by atoms with Crippen LogP contribution in [-0.4, -0.2) is 5.11 Å². The van der Waals surface area contributed by atoms with Crippen LogP contribution in [-0.2, 0) is 6.61 Å². The molecule has 0 atom stereocenters. The monoisotopic (exact) mass is 260 g/mol. The Bertz CT molecular complexity index is 452. The molecule has 4 heteroatoms. The van der Waals surface area contributed by atoms with Crippen LogP contribution in [0.25, 0.3) is 10.1 Å². The summed E-state index contributed by atoms with van der Waals surface area (Å²) >= 11 is 4.65. The smallest absolute Gasteiger partial charge is 0.142 e. The Morgan fingerprint density at radius 1 is 1.46 bits per heavy atom. The first-order valence-corrected chi connectivity index (χ1v) is 5.35. The Kier molecular flexibility index (Phi) is 2.36. The maximum absolute atomic E-state index is 13.2. The SMILES string of the molecule is OCc1cc(Br)cc2scc(F)c12. The molecule has 0 bridgehead atoms.